The molecule has 94 valence electrons. The van der Waals surface area contributed by atoms with Crippen LogP contribution in [0.25, 0.3) is 0 Å². The monoisotopic (exact) mass is 239 g/mol. The van der Waals surface area contributed by atoms with Crippen molar-refractivity contribution in [3.05, 3.63) is 0 Å². The van der Waals surface area contributed by atoms with Gasteiger partial charge in [0.25, 0.3) is 0 Å². The molecule has 0 fully saturated rings. The van der Waals surface area contributed by atoms with Crippen molar-refractivity contribution in [2.24, 2.45) is 0 Å². The van der Waals surface area contributed by atoms with E-state index in [0.717, 1.165) is 6.42 Å². The van der Waals surface area contributed by atoms with Crippen LogP contribution in [0.5, 0.6) is 0 Å². The molecular formula is C11H26ClNO2. The maximum atomic E-state index is 9.21. The number of hydrogen-bond acceptors (Lipinski definition) is 3. The number of unbranched alkanes of at least 4 members (excludes halogenated alkanes) is 5. The van der Waals surface area contributed by atoms with Gasteiger partial charge in [-0.15, -0.1) is 12.4 Å². The molecule has 0 aliphatic rings. The van der Waals surface area contributed by atoms with E-state index >= 15 is 0 Å². The van der Waals surface area contributed by atoms with Crippen LogP contribution in [0.2, 0.25) is 0 Å². The average Bonchev–Trinajstić information content (AvgIpc) is 2.16. The second-order valence-corrected chi connectivity index (χ2v) is 3.86. The minimum Gasteiger partial charge on any atom is -0.353 e. The van der Waals surface area contributed by atoms with E-state index in [1.807, 2.05) is 0 Å². The van der Waals surface area contributed by atoms with E-state index in [-0.39, 0.29) is 12.4 Å². The summed E-state index contributed by atoms with van der Waals surface area (Å²) in [5.74, 6) is -1.66. The van der Waals surface area contributed by atoms with Crippen LogP contribution in [0.1, 0.15) is 58.8 Å². The lowest BCUT2D eigenvalue weighted by Crippen LogP contribution is -2.44. The maximum absolute atomic E-state index is 9.21. The molecule has 3 nitrogen and oxygen atoms in total. The van der Waals surface area contributed by atoms with Gasteiger partial charge in [0.1, 0.15) is 0 Å². The molecule has 0 aromatic heterocycles. The molecule has 15 heavy (non-hydrogen) atoms. The van der Waals surface area contributed by atoms with Crippen LogP contribution < -0.4 is 5.32 Å². The third-order valence-corrected chi connectivity index (χ3v) is 2.43. The molecule has 0 heterocycles. The summed E-state index contributed by atoms with van der Waals surface area (Å²) < 4.78 is 0. The summed E-state index contributed by atoms with van der Waals surface area (Å²) >= 11 is 0. The number of nitrogens with one attached hydrogen (secondary N) is 1. The van der Waals surface area contributed by atoms with Gasteiger partial charge in [0.2, 0.25) is 5.91 Å². The number of rotatable bonds is 9. The third kappa shape index (κ3) is 12.1. The molecule has 0 aromatic rings. The zero-order chi connectivity index (χ0) is 10.9. The van der Waals surface area contributed by atoms with Gasteiger partial charge in [0.15, 0.2) is 0 Å². The Morgan fingerprint density at radius 1 is 0.933 bits per heavy atom. The molecular weight excluding hydrogens is 214 g/mol. The molecule has 0 amide bonds. The summed E-state index contributed by atoms with van der Waals surface area (Å²) in [6, 6.07) is 0. The van der Waals surface area contributed by atoms with E-state index in [0.29, 0.717) is 13.0 Å². The topological polar surface area (TPSA) is 52.5 Å². The summed E-state index contributed by atoms with van der Waals surface area (Å²) in [5.41, 5.74) is 0. The van der Waals surface area contributed by atoms with E-state index in [1.165, 1.54) is 32.1 Å². The van der Waals surface area contributed by atoms with Crippen LogP contribution in [0.3, 0.4) is 0 Å². The molecule has 0 spiro atoms. The Bertz CT molecular complexity index is 132. The van der Waals surface area contributed by atoms with Crippen LogP contribution in [0.4, 0.5) is 0 Å². The highest BCUT2D eigenvalue weighted by Gasteiger charge is 2.17. The van der Waals surface area contributed by atoms with Crippen molar-refractivity contribution < 1.29 is 10.2 Å². The summed E-state index contributed by atoms with van der Waals surface area (Å²) in [4.78, 5) is 0. The molecule has 0 unspecified atom stereocenters. The Morgan fingerprint density at radius 2 is 1.47 bits per heavy atom. The van der Waals surface area contributed by atoms with E-state index in [4.69, 9.17) is 0 Å². The van der Waals surface area contributed by atoms with Crippen LogP contribution in [0, 0.1) is 0 Å². The molecule has 0 aromatic carbocycles. The van der Waals surface area contributed by atoms with E-state index < -0.39 is 5.91 Å². The van der Waals surface area contributed by atoms with Gasteiger partial charge in [-0.3, -0.25) is 5.32 Å². The van der Waals surface area contributed by atoms with E-state index in [1.54, 1.807) is 6.92 Å². The highest BCUT2D eigenvalue weighted by atomic mass is 35.5. The van der Waals surface area contributed by atoms with Crippen LogP contribution in [-0.2, 0) is 0 Å². The van der Waals surface area contributed by atoms with E-state index in [9.17, 15) is 10.2 Å². The Labute approximate surface area is 99.7 Å². The Balaban J connectivity index is 0. The van der Waals surface area contributed by atoms with Crippen molar-refractivity contribution in [1.29, 1.82) is 0 Å². The van der Waals surface area contributed by atoms with Gasteiger partial charge < -0.3 is 10.2 Å². The Kier molecular flexibility index (Phi) is 12.5. The summed E-state index contributed by atoms with van der Waals surface area (Å²) in [5, 5.41) is 21.1. The van der Waals surface area contributed by atoms with Crippen LogP contribution in [0.15, 0.2) is 0 Å². The summed E-state index contributed by atoms with van der Waals surface area (Å²) in [7, 11) is 0. The Morgan fingerprint density at radius 3 is 2.00 bits per heavy atom. The lowest BCUT2D eigenvalue weighted by molar-refractivity contribution is -0.186. The van der Waals surface area contributed by atoms with Crippen molar-refractivity contribution >= 4 is 12.4 Å². The fraction of sp³-hybridized carbons (Fsp3) is 1.00. The third-order valence-electron chi connectivity index (χ3n) is 2.43. The van der Waals surface area contributed by atoms with Gasteiger partial charge in [0.05, 0.1) is 0 Å². The first kappa shape index (κ1) is 17.6. The zero-order valence-electron chi connectivity index (χ0n) is 9.96. The second-order valence-electron chi connectivity index (χ2n) is 3.86. The second kappa shape index (κ2) is 10.7. The Hall–Kier alpha value is 0.170. The first-order valence-electron chi connectivity index (χ1n) is 5.82. The SMILES string of the molecule is CCCCCCCCNC(O)(O)CC.Cl. The molecule has 0 rings (SSSR count). The molecule has 0 saturated heterocycles. The lowest BCUT2D eigenvalue weighted by Gasteiger charge is -2.20. The first-order valence-corrected chi connectivity index (χ1v) is 5.82. The molecule has 0 atom stereocenters. The number of aliphatic hydroxyl groups is 2. The lowest BCUT2D eigenvalue weighted by atomic mass is 10.1. The normalized spacial score (nSPS) is 11.2. The fourth-order valence-electron chi connectivity index (χ4n) is 1.32. The van der Waals surface area contributed by atoms with Gasteiger partial charge in [-0.2, -0.15) is 0 Å². The minimum absolute atomic E-state index is 0. The number of hydrogen-bond donors (Lipinski definition) is 3. The van der Waals surface area contributed by atoms with Crippen molar-refractivity contribution in [2.45, 2.75) is 64.7 Å². The smallest absolute Gasteiger partial charge is 0.222 e. The zero-order valence-corrected chi connectivity index (χ0v) is 10.8. The molecule has 4 heteroatoms. The quantitative estimate of drug-likeness (QED) is 0.428. The van der Waals surface area contributed by atoms with E-state index in [2.05, 4.69) is 12.2 Å². The molecule has 0 aliphatic carbocycles. The molecule has 3 N–H and O–H groups in total. The van der Waals surface area contributed by atoms with Crippen molar-refractivity contribution in [3.8, 4) is 0 Å². The maximum Gasteiger partial charge on any atom is 0.222 e. The summed E-state index contributed by atoms with van der Waals surface area (Å²) in [6.07, 6.45) is 7.65. The summed E-state index contributed by atoms with van der Waals surface area (Å²) in [6.45, 7) is 4.63. The van der Waals surface area contributed by atoms with Crippen molar-refractivity contribution in [3.63, 3.8) is 0 Å². The molecule has 0 radical (unpaired) electrons. The first-order chi connectivity index (χ1) is 6.62. The van der Waals surface area contributed by atoms with Gasteiger partial charge in [-0.1, -0.05) is 46.0 Å². The van der Waals surface area contributed by atoms with Crippen molar-refractivity contribution in [2.75, 3.05) is 6.54 Å². The largest absolute Gasteiger partial charge is 0.353 e. The predicted octanol–water partition coefficient (Wildman–Crippen LogP) is 2.41. The standard InChI is InChI=1S/C11H25NO2.ClH/c1-3-5-6-7-8-9-10-12-11(13,14)4-2;/h12-14H,3-10H2,1-2H3;1H. The van der Waals surface area contributed by atoms with Gasteiger partial charge in [-0.05, 0) is 6.42 Å². The minimum atomic E-state index is -1.66. The van der Waals surface area contributed by atoms with Gasteiger partial charge in [-0.25, -0.2) is 0 Å². The highest BCUT2D eigenvalue weighted by molar-refractivity contribution is 5.85. The molecule has 0 bridgehead atoms. The van der Waals surface area contributed by atoms with Gasteiger partial charge >= 0.3 is 0 Å². The number of halogens is 1. The van der Waals surface area contributed by atoms with Crippen LogP contribution >= 0.6 is 12.4 Å². The average molecular weight is 240 g/mol. The van der Waals surface area contributed by atoms with Crippen LogP contribution in [-0.4, -0.2) is 22.7 Å². The fourth-order valence-corrected chi connectivity index (χ4v) is 1.32. The molecule has 0 saturated carbocycles. The van der Waals surface area contributed by atoms with Gasteiger partial charge in [0, 0.05) is 13.0 Å². The molecule has 0 aliphatic heterocycles. The predicted molar refractivity (Wildman–Crippen MR) is 66.1 cm³/mol. The van der Waals surface area contributed by atoms with Crippen molar-refractivity contribution in [1.82, 2.24) is 5.32 Å². The highest BCUT2D eigenvalue weighted by Crippen LogP contribution is 2.05.